The van der Waals surface area contributed by atoms with E-state index in [9.17, 15) is 20.2 Å². The fourth-order valence-electron chi connectivity index (χ4n) is 2.74. The van der Waals surface area contributed by atoms with Gasteiger partial charge in [0.25, 0.3) is 11.6 Å². The van der Waals surface area contributed by atoms with Crippen molar-refractivity contribution < 1.29 is 18.9 Å². The Morgan fingerprint density at radius 1 is 1.23 bits per heavy atom. The van der Waals surface area contributed by atoms with Crippen molar-refractivity contribution in [2.75, 3.05) is 7.11 Å². The Hall–Kier alpha value is -4.38. The molecule has 0 aliphatic rings. The van der Waals surface area contributed by atoms with E-state index in [2.05, 4.69) is 5.32 Å². The highest BCUT2D eigenvalue weighted by Gasteiger charge is 2.16. The maximum Gasteiger partial charge on any atom is 0.270 e. The lowest BCUT2D eigenvalue weighted by atomic mass is 10.1. The highest BCUT2D eigenvalue weighted by atomic mass is 16.6. The number of hydrogen-bond acceptors (Lipinski definition) is 6. The van der Waals surface area contributed by atoms with Crippen LogP contribution in [0.15, 0.2) is 70.7 Å². The van der Waals surface area contributed by atoms with E-state index in [0.29, 0.717) is 17.1 Å². The molecule has 1 heterocycles. The molecule has 0 fully saturated rings. The molecule has 8 nitrogen and oxygen atoms in total. The number of furan rings is 1. The molecule has 0 atom stereocenters. The topological polar surface area (TPSA) is 118 Å². The van der Waals surface area contributed by atoms with Gasteiger partial charge in [-0.1, -0.05) is 30.3 Å². The number of non-ortho nitro benzene ring substituents is 1. The lowest BCUT2D eigenvalue weighted by Crippen LogP contribution is -2.23. The number of hydrogen-bond donors (Lipinski definition) is 1. The van der Waals surface area contributed by atoms with E-state index < -0.39 is 10.8 Å². The molecule has 2 aromatic carbocycles. The Labute approximate surface area is 172 Å². The number of nitriles is 1. The summed E-state index contributed by atoms with van der Waals surface area (Å²) < 4.78 is 10.9. The lowest BCUT2D eigenvalue weighted by molar-refractivity contribution is -0.384. The smallest absolute Gasteiger partial charge is 0.270 e. The number of ether oxygens (including phenoxy) is 1. The Bertz CT molecular complexity index is 1140. The van der Waals surface area contributed by atoms with Gasteiger partial charge in [0.1, 0.15) is 28.9 Å². The summed E-state index contributed by atoms with van der Waals surface area (Å²) in [5.41, 5.74) is 1.05. The molecule has 0 saturated carbocycles. The predicted octanol–water partition coefficient (Wildman–Crippen LogP) is 4.09. The number of carbonyl (C=O) groups excluding carboxylic acids is 1. The molecule has 0 radical (unpaired) electrons. The summed E-state index contributed by atoms with van der Waals surface area (Å²) >= 11 is 0. The van der Waals surface area contributed by atoms with Crippen LogP contribution in [0.4, 0.5) is 5.69 Å². The van der Waals surface area contributed by atoms with Crippen LogP contribution >= 0.6 is 0 Å². The van der Waals surface area contributed by atoms with Crippen LogP contribution in [0.1, 0.15) is 11.3 Å². The first-order valence-corrected chi connectivity index (χ1v) is 8.88. The van der Waals surface area contributed by atoms with Gasteiger partial charge >= 0.3 is 0 Å². The standard InChI is InChI=1S/C22H17N3O5/c1-29-20-9-7-17(25(27)28)12-19(20)21-10-8-18(30-21)11-16(13-23)22(26)24-14-15-5-3-2-4-6-15/h2-12H,14H2,1H3,(H,24,26)/b16-11+. The third-order valence-corrected chi connectivity index (χ3v) is 4.23. The second-order valence-corrected chi connectivity index (χ2v) is 6.18. The average Bonchev–Trinajstić information content (AvgIpc) is 3.24. The number of nitrogens with zero attached hydrogens (tertiary/aromatic N) is 2. The van der Waals surface area contributed by atoms with Crippen molar-refractivity contribution in [3.63, 3.8) is 0 Å². The number of rotatable bonds is 7. The molecule has 1 aromatic heterocycles. The average molecular weight is 403 g/mol. The molecule has 0 bridgehead atoms. The molecule has 0 saturated heterocycles. The van der Waals surface area contributed by atoms with Crippen LogP contribution in [0.25, 0.3) is 17.4 Å². The number of carbonyl (C=O) groups is 1. The highest BCUT2D eigenvalue weighted by Crippen LogP contribution is 2.34. The van der Waals surface area contributed by atoms with Gasteiger partial charge in [0, 0.05) is 24.8 Å². The first-order chi connectivity index (χ1) is 14.5. The second-order valence-electron chi connectivity index (χ2n) is 6.18. The Morgan fingerprint density at radius 2 is 2.00 bits per heavy atom. The number of nitro benzene ring substituents is 1. The molecule has 0 unspecified atom stereocenters. The van der Waals surface area contributed by atoms with Gasteiger partial charge in [-0.05, 0) is 23.8 Å². The number of benzene rings is 2. The van der Waals surface area contributed by atoms with E-state index in [4.69, 9.17) is 9.15 Å². The normalized spacial score (nSPS) is 10.9. The number of amides is 1. The van der Waals surface area contributed by atoms with Gasteiger partial charge < -0.3 is 14.5 Å². The first kappa shape index (κ1) is 20.4. The van der Waals surface area contributed by atoms with Crippen LogP contribution in [0.3, 0.4) is 0 Å². The van der Waals surface area contributed by atoms with Crippen molar-refractivity contribution in [3.05, 3.63) is 87.7 Å². The summed E-state index contributed by atoms with van der Waals surface area (Å²) in [5.74, 6) is 0.424. The molecular weight excluding hydrogens is 386 g/mol. The van der Waals surface area contributed by atoms with Crippen LogP contribution in [0.5, 0.6) is 5.75 Å². The minimum atomic E-state index is -0.535. The molecule has 1 amide bonds. The zero-order valence-corrected chi connectivity index (χ0v) is 16.0. The van der Waals surface area contributed by atoms with Crippen molar-refractivity contribution in [2.24, 2.45) is 0 Å². The summed E-state index contributed by atoms with van der Waals surface area (Å²) in [6, 6.07) is 18.5. The van der Waals surface area contributed by atoms with Crippen molar-refractivity contribution in [1.82, 2.24) is 5.32 Å². The van der Waals surface area contributed by atoms with Crippen LogP contribution in [-0.2, 0) is 11.3 Å². The predicted molar refractivity (Wildman–Crippen MR) is 109 cm³/mol. The van der Waals surface area contributed by atoms with Crippen molar-refractivity contribution in [3.8, 4) is 23.1 Å². The minimum absolute atomic E-state index is 0.114. The van der Waals surface area contributed by atoms with E-state index in [0.717, 1.165) is 5.56 Å². The maximum atomic E-state index is 12.3. The summed E-state index contributed by atoms with van der Waals surface area (Å²) in [5, 5.41) is 23.1. The fourth-order valence-corrected chi connectivity index (χ4v) is 2.74. The quantitative estimate of drug-likeness (QED) is 0.275. The van der Waals surface area contributed by atoms with E-state index in [1.54, 1.807) is 12.1 Å². The van der Waals surface area contributed by atoms with Crippen molar-refractivity contribution in [2.45, 2.75) is 6.54 Å². The largest absolute Gasteiger partial charge is 0.496 e. The van der Waals surface area contributed by atoms with E-state index >= 15 is 0 Å². The molecule has 0 aliphatic carbocycles. The summed E-state index contributed by atoms with van der Waals surface area (Å²) in [6.07, 6.45) is 1.31. The third-order valence-electron chi connectivity index (χ3n) is 4.23. The van der Waals surface area contributed by atoms with Gasteiger partial charge in [-0.3, -0.25) is 14.9 Å². The van der Waals surface area contributed by atoms with E-state index in [1.807, 2.05) is 36.4 Å². The van der Waals surface area contributed by atoms with Crippen molar-refractivity contribution in [1.29, 1.82) is 5.26 Å². The van der Waals surface area contributed by atoms with E-state index in [1.165, 1.54) is 31.4 Å². The first-order valence-electron chi connectivity index (χ1n) is 8.88. The maximum absolute atomic E-state index is 12.3. The second kappa shape index (κ2) is 9.21. The van der Waals surface area contributed by atoms with Gasteiger partial charge in [0.2, 0.25) is 0 Å². The Morgan fingerprint density at radius 3 is 2.67 bits per heavy atom. The zero-order chi connectivity index (χ0) is 21.5. The van der Waals surface area contributed by atoms with Crippen LogP contribution in [0, 0.1) is 21.4 Å². The molecule has 3 aromatic rings. The van der Waals surface area contributed by atoms with Crippen LogP contribution in [-0.4, -0.2) is 17.9 Å². The van der Waals surface area contributed by atoms with Gasteiger partial charge in [0.05, 0.1) is 17.6 Å². The third kappa shape index (κ3) is 4.72. The molecular formula is C22H17N3O5. The minimum Gasteiger partial charge on any atom is -0.496 e. The Balaban J connectivity index is 1.81. The van der Waals surface area contributed by atoms with Gasteiger partial charge in [-0.25, -0.2) is 0 Å². The Kier molecular flexibility index (Phi) is 6.25. The number of nitrogens with one attached hydrogen (secondary N) is 1. The summed E-state index contributed by atoms with van der Waals surface area (Å²) in [4.78, 5) is 22.9. The molecule has 3 rings (SSSR count). The summed E-state index contributed by atoms with van der Waals surface area (Å²) in [6.45, 7) is 0.285. The van der Waals surface area contributed by atoms with Crippen LogP contribution in [0.2, 0.25) is 0 Å². The van der Waals surface area contributed by atoms with Crippen molar-refractivity contribution >= 4 is 17.7 Å². The molecule has 150 valence electrons. The number of nitro groups is 1. The summed E-state index contributed by atoms with van der Waals surface area (Å²) in [7, 11) is 1.44. The lowest BCUT2D eigenvalue weighted by Gasteiger charge is -2.06. The van der Waals surface area contributed by atoms with Gasteiger partial charge in [0.15, 0.2) is 0 Å². The molecule has 30 heavy (non-hydrogen) atoms. The highest BCUT2D eigenvalue weighted by molar-refractivity contribution is 6.01. The molecule has 0 spiro atoms. The number of methoxy groups -OCH3 is 1. The van der Waals surface area contributed by atoms with Gasteiger partial charge in [-0.2, -0.15) is 5.26 Å². The van der Waals surface area contributed by atoms with Crippen LogP contribution < -0.4 is 10.1 Å². The molecule has 0 aliphatic heterocycles. The molecule has 1 N–H and O–H groups in total. The van der Waals surface area contributed by atoms with E-state index in [-0.39, 0.29) is 23.6 Å². The zero-order valence-electron chi connectivity index (χ0n) is 16.0. The fraction of sp³-hybridized carbons (Fsp3) is 0.0909. The van der Waals surface area contributed by atoms with Gasteiger partial charge in [-0.15, -0.1) is 0 Å². The molecule has 8 heteroatoms. The monoisotopic (exact) mass is 403 g/mol. The SMILES string of the molecule is COc1ccc([N+](=O)[O-])cc1-c1ccc(/C=C(\C#N)C(=O)NCc2ccccc2)o1.